The zero-order valence-electron chi connectivity index (χ0n) is 11.8. The number of thioether (sulfide) groups is 1. The van der Waals surface area contributed by atoms with E-state index < -0.39 is 0 Å². The smallest absolute Gasteiger partial charge is 0.0829 e. The molecule has 2 nitrogen and oxygen atoms in total. The fourth-order valence-electron chi connectivity index (χ4n) is 2.08. The zero-order chi connectivity index (χ0) is 13.9. The molecule has 0 amide bonds. The van der Waals surface area contributed by atoms with Crippen LogP contribution >= 0.6 is 11.8 Å². The van der Waals surface area contributed by atoms with Crippen LogP contribution in [0.25, 0.3) is 0 Å². The Hall–Kier alpha value is -1.27. The Morgan fingerprint density at radius 2 is 1.44 bits per heavy atom. The van der Waals surface area contributed by atoms with Gasteiger partial charge in [-0.3, -0.25) is 5.41 Å². The maximum absolute atomic E-state index is 8.56. The minimum Gasteiger partial charge on any atom is -0.297 e. The number of nitriles is 1. The number of rotatable bonds is 3. The molecule has 0 unspecified atom stereocenters. The molecule has 96 valence electrons. The van der Waals surface area contributed by atoms with Crippen molar-refractivity contribution >= 4 is 16.8 Å². The van der Waals surface area contributed by atoms with E-state index in [-0.39, 0.29) is 6.42 Å². The van der Waals surface area contributed by atoms with Crippen LogP contribution in [0.5, 0.6) is 0 Å². The second-order valence-corrected chi connectivity index (χ2v) is 5.72. The highest BCUT2D eigenvalue weighted by Crippen LogP contribution is 2.29. The van der Waals surface area contributed by atoms with Gasteiger partial charge in [-0.25, -0.2) is 0 Å². The van der Waals surface area contributed by atoms with Crippen molar-refractivity contribution in [3.63, 3.8) is 0 Å². The van der Waals surface area contributed by atoms with Gasteiger partial charge in [0.1, 0.15) is 0 Å². The van der Waals surface area contributed by atoms with E-state index in [0.717, 1.165) is 5.75 Å². The van der Waals surface area contributed by atoms with Crippen molar-refractivity contribution in [3.8, 4) is 6.07 Å². The van der Waals surface area contributed by atoms with Gasteiger partial charge in [0, 0.05) is 5.75 Å². The summed E-state index contributed by atoms with van der Waals surface area (Å²) >= 11 is 1.47. The van der Waals surface area contributed by atoms with E-state index in [0.29, 0.717) is 5.04 Å². The summed E-state index contributed by atoms with van der Waals surface area (Å²) in [5, 5.41) is 16.7. The van der Waals surface area contributed by atoms with Crippen molar-refractivity contribution in [2.24, 2.45) is 0 Å². The van der Waals surface area contributed by atoms with Gasteiger partial charge >= 0.3 is 0 Å². The first-order valence-corrected chi connectivity index (χ1v) is 7.01. The van der Waals surface area contributed by atoms with Crippen molar-refractivity contribution in [1.29, 1.82) is 10.7 Å². The highest BCUT2D eigenvalue weighted by molar-refractivity contribution is 8.13. The predicted molar refractivity (Wildman–Crippen MR) is 79.4 cm³/mol. The standard InChI is InChI=1S/C15H20N2S/c1-9-10(2)12(4)14(13(5)11(9)3)8-18-15(17)6-7-16/h17H,6,8H2,1-5H3. The summed E-state index contributed by atoms with van der Waals surface area (Å²) in [7, 11) is 0. The molecule has 0 radical (unpaired) electrons. The fourth-order valence-corrected chi connectivity index (χ4v) is 2.99. The second kappa shape index (κ2) is 6.06. The van der Waals surface area contributed by atoms with Crippen molar-refractivity contribution in [3.05, 3.63) is 33.4 Å². The van der Waals surface area contributed by atoms with E-state index >= 15 is 0 Å². The largest absolute Gasteiger partial charge is 0.297 e. The molecule has 18 heavy (non-hydrogen) atoms. The Kier molecular flexibility index (Phi) is 4.98. The van der Waals surface area contributed by atoms with Crippen LogP contribution in [0.1, 0.15) is 39.8 Å². The maximum Gasteiger partial charge on any atom is 0.0829 e. The van der Waals surface area contributed by atoms with Gasteiger partial charge in [-0.2, -0.15) is 5.26 Å². The second-order valence-electron chi connectivity index (χ2n) is 4.65. The molecule has 0 fully saturated rings. The SMILES string of the molecule is Cc1c(C)c(C)c(CSC(=N)CC#N)c(C)c1C. The van der Waals surface area contributed by atoms with Gasteiger partial charge in [0.2, 0.25) is 0 Å². The third-order valence-electron chi connectivity index (χ3n) is 3.79. The van der Waals surface area contributed by atoms with Gasteiger partial charge in [-0.1, -0.05) is 0 Å². The Bertz CT molecular complexity index is 495. The molecule has 1 aromatic rings. The number of benzene rings is 1. The van der Waals surface area contributed by atoms with E-state index in [9.17, 15) is 0 Å². The average molecular weight is 260 g/mol. The lowest BCUT2D eigenvalue weighted by Gasteiger charge is -2.18. The summed E-state index contributed by atoms with van der Waals surface area (Å²) in [6.07, 6.45) is 0.215. The van der Waals surface area contributed by atoms with Crippen LogP contribution in [0.2, 0.25) is 0 Å². The van der Waals surface area contributed by atoms with Crippen molar-refractivity contribution in [2.45, 2.75) is 46.8 Å². The average Bonchev–Trinajstić information content (AvgIpc) is 2.34. The van der Waals surface area contributed by atoms with E-state index in [1.54, 1.807) is 0 Å². The summed E-state index contributed by atoms with van der Waals surface area (Å²) in [6.45, 7) is 10.8. The number of hydrogen-bond donors (Lipinski definition) is 1. The molecule has 0 saturated heterocycles. The maximum atomic E-state index is 8.56. The van der Waals surface area contributed by atoms with Crippen LogP contribution in [-0.4, -0.2) is 5.04 Å². The molecule has 0 aromatic heterocycles. The van der Waals surface area contributed by atoms with Crippen LogP contribution < -0.4 is 0 Å². The quantitative estimate of drug-likeness (QED) is 0.648. The van der Waals surface area contributed by atoms with Crippen LogP contribution in [0.4, 0.5) is 0 Å². The molecule has 1 aromatic carbocycles. The lowest BCUT2D eigenvalue weighted by atomic mass is 9.90. The fraction of sp³-hybridized carbons (Fsp3) is 0.467. The Balaban J connectivity index is 3.04. The number of nitrogens with one attached hydrogen (secondary N) is 1. The minimum absolute atomic E-state index is 0.215. The molecule has 0 saturated carbocycles. The van der Waals surface area contributed by atoms with Gasteiger partial charge in [0.15, 0.2) is 0 Å². The van der Waals surface area contributed by atoms with Gasteiger partial charge in [-0.05, 0) is 68.0 Å². The molecule has 0 heterocycles. The normalized spacial score (nSPS) is 10.2. The van der Waals surface area contributed by atoms with E-state index in [4.69, 9.17) is 10.7 Å². The molecule has 0 bridgehead atoms. The van der Waals surface area contributed by atoms with Gasteiger partial charge in [-0.15, -0.1) is 11.8 Å². The predicted octanol–water partition coefficient (Wildman–Crippen LogP) is 4.35. The molecule has 0 atom stereocenters. The highest BCUT2D eigenvalue weighted by Gasteiger charge is 2.12. The lowest BCUT2D eigenvalue weighted by Crippen LogP contribution is -2.02. The Labute approximate surface area is 114 Å². The van der Waals surface area contributed by atoms with Gasteiger partial charge < -0.3 is 0 Å². The summed E-state index contributed by atoms with van der Waals surface area (Å²) in [6, 6.07) is 2.02. The van der Waals surface area contributed by atoms with Crippen molar-refractivity contribution < 1.29 is 0 Å². The zero-order valence-corrected chi connectivity index (χ0v) is 12.6. The summed E-state index contributed by atoms with van der Waals surface area (Å²) in [4.78, 5) is 0. The molecule has 1 rings (SSSR count). The molecular formula is C15H20N2S. The number of hydrogen-bond acceptors (Lipinski definition) is 3. The van der Waals surface area contributed by atoms with E-state index in [2.05, 4.69) is 34.6 Å². The van der Waals surface area contributed by atoms with E-state index in [1.807, 2.05) is 6.07 Å². The first kappa shape index (κ1) is 14.8. The number of nitrogens with zero attached hydrogens (tertiary/aromatic N) is 1. The van der Waals surface area contributed by atoms with Crippen molar-refractivity contribution in [1.82, 2.24) is 0 Å². The molecule has 0 aliphatic heterocycles. The van der Waals surface area contributed by atoms with Crippen LogP contribution in [-0.2, 0) is 5.75 Å². The molecule has 3 heteroatoms. The Morgan fingerprint density at radius 3 is 1.89 bits per heavy atom. The topological polar surface area (TPSA) is 47.6 Å². The third kappa shape index (κ3) is 2.94. The Morgan fingerprint density at radius 1 is 1.00 bits per heavy atom. The molecule has 0 aliphatic carbocycles. The van der Waals surface area contributed by atoms with Gasteiger partial charge in [0.05, 0.1) is 17.5 Å². The van der Waals surface area contributed by atoms with Gasteiger partial charge in [0.25, 0.3) is 0 Å². The minimum atomic E-state index is 0.215. The summed E-state index contributed by atoms with van der Waals surface area (Å²) in [5.41, 5.74) is 8.04. The monoisotopic (exact) mass is 260 g/mol. The first-order chi connectivity index (χ1) is 8.40. The highest BCUT2D eigenvalue weighted by atomic mass is 32.2. The summed E-state index contributed by atoms with van der Waals surface area (Å²) < 4.78 is 0. The van der Waals surface area contributed by atoms with Crippen LogP contribution in [0.15, 0.2) is 0 Å². The third-order valence-corrected chi connectivity index (χ3v) is 4.71. The molecule has 1 N–H and O–H groups in total. The van der Waals surface area contributed by atoms with Crippen molar-refractivity contribution in [2.75, 3.05) is 0 Å². The molecule has 0 aliphatic rings. The van der Waals surface area contributed by atoms with Crippen LogP contribution in [0.3, 0.4) is 0 Å². The molecular weight excluding hydrogens is 240 g/mol. The lowest BCUT2D eigenvalue weighted by molar-refractivity contribution is 1.12. The van der Waals surface area contributed by atoms with Crippen LogP contribution in [0, 0.1) is 51.4 Å². The summed E-state index contributed by atoms with van der Waals surface area (Å²) in [5.74, 6) is 0.792. The molecule has 0 spiro atoms. The van der Waals surface area contributed by atoms with E-state index in [1.165, 1.54) is 45.1 Å². The first-order valence-electron chi connectivity index (χ1n) is 6.03.